The molecule has 0 amide bonds. The third kappa shape index (κ3) is 2.65. The summed E-state index contributed by atoms with van der Waals surface area (Å²) < 4.78 is 12.9. The van der Waals surface area contributed by atoms with Gasteiger partial charge in [0.25, 0.3) is 0 Å². The summed E-state index contributed by atoms with van der Waals surface area (Å²) >= 11 is 0. The molecule has 0 spiro atoms. The topological polar surface area (TPSA) is 51.8 Å². The number of benzene rings is 1. The van der Waals surface area contributed by atoms with Crippen LogP contribution in [0.25, 0.3) is 11.3 Å². The maximum atomic E-state index is 12.9. The van der Waals surface area contributed by atoms with E-state index in [-0.39, 0.29) is 11.8 Å². The molecule has 0 saturated carbocycles. The Hall–Kier alpha value is -1.54. The molecule has 94 valence electrons. The highest BCUT2D eigenvalue weighted by atomic mass is 31.1. The third-order valence-electron chi connectivity index (χ3n) is 2.62. The number of halogens is 1. The van der Waals surface area contributed by atoms with E-state index in [0.717, 1.165) is 28.4 Å². The molecular formula is C13H15FN3P. The van der Waals surface area contributed by atoms with Crippen LogP contribution in [0.15, 0.2) is 24.3 Å². The molecule has 1 aromatic carbocycles. The average molecular weight is 263 g/mol. The lowest BCUT2D eigenvalue weighted by Gasteiger charge is -2.10. The molecule has 1 atom stereocenters. The van der Waals surface area contributed by atoms with Crippen LogP contribution in [0.4, 0.5) is 10.3 Å². The van der Waals surface area contributed by atoms with Crippen LogP contribution in [0.1, 0.15) is 12.5 Å². The van der Waals surface area contributed by atoms with Crippen molar-refractivity contribution in [1.29, 1.82) is 0 Å². The molecule has 0 aliphatic heterocycles. The first kappa shape index (κ1) is 12.9. The van der Waals surface area contributed by atoms with E-state index in [1.54, 1.807) is 12.1 Å². The molecule has 2 rings (SSSR count). The second kappa shape index (κ2) is 5.40. The minimum absolute atomic E-state index is 0.255. The van der Waals surface area contributed by atoms with Crippen LogP contribution < -0.4 is 11.2 Å². The molecule has 1 aromatic heterocycles. The lowest BCUT2D eigenvalue weighted by Crippen LogP contribution is -2.13. The molecule has 0 radical (unpaired) electrons. The second-order valence-corrected chi connectivity index (χ2v) is 5.48. The molecule has 2 aromatic rings. The Bertz CT molecular complexity index is 555. The summed E-state index contributed by atoms with van der Waals surface area (Å²) in [5.74, 6) is 0.0185. The Kier molecular flexibility index (Phi) is 3.87. The second-order valence-electron chi connectivity index (χ2n) is 3.94. The van der Waals surface area contributed by atoms with Crippen molar-refractivity contribution in [2.24, 2.45) is 0 Å². The Labute approximate surface area is 107 Å². The number of hydrogen-bond acceptors (Lipinski definition) is 3. The van der Waals surface area contributed by atoms with Gasteiger partial charge in [0.15, 0.2) is 0 Å². The smallest absolute Gasteiger partial charge is 0.221 e. The minimum Gasteiger partial charge on any atom is -0.368 e. The van der Waals surface area contributed by atoms with E-state index in [2.05, 4.69) is 16.9 Å². The maximum absolute atomic E-state index is 12.9. The molecule has 0 aliphatic carbocycles. The van der Waals surface area contributed by atoms with Gasteiger partial charge in [-0.3, -0.25) is 0 Å². The minimum atomic E-state index is -0.255. The first-order chi connectivity index (χ1) is 8.61. The molecule has 0 saturated heterocycles. The zero-order chi connectivity index (χ0) is 13.1. The number of nitrogens with two attached hydrogens (primary N) is 1. The highest BCUT2D eigenvalue weighted by Crippen LogP contribution is 2.23. The van der Waals surface area contributed by atoms with Gasteiger partial charge in [-0.1, -0.05) is 15.5 Å². The van der Waals surface area contributed by atoms with E-state index in [9.17, 15) is 4.39 Å². The van der Waals surface area contributed by atoms with Gasteiger partial charge in [-0.05, 0) is 37.4 Å². The van der Waals surface area contributed by atoms with Gasteiger partial charge in [0.1, 0.15) is 5.82 Å². The summed E-state index contributed by atoms with van der Waals surface area (Å²) in [5.41, 5.74) is 9.40. The van der Waals surface area contributed by atoms with E-state index in [0.29, 0.717) is 8.58 Å². The fourth-order valence-corrected chi connectivity index (χ4v) is 2.67. The van der Waals surface area contributed by atoms with Crippen LogP contribution in [0.5, 0.6) is 0 Å². The monoisotopic (exact) mass is 263 g/mol. The number of rotatable bonds is 3. The van der Waals surface area contributed by atoms with Crippen molar-refractivity contribution in [3.05, 3.63) is 35.6 Å². The van der Waals surface area contributed by atoms with Gasteiger partial charge in [0, 0.05) is 11.1 Å². The van der Waals surface area contributed by atoms with Crippen LogP contribution >= 0.6 is 8.58 Å². The molecule has 1 unspecified atom stereocenters. The zero-order valence-corrected chi connectivity index (χ0v) is 11.4. The summed E-state index contributed by atoms with van der Waals surface area (Å²) in [6.07, 6.45) is 1.03. The first-order valence-electron chi connectivity index (χ1n) is 5.75. The number of anilines is 1. The standard InChI is InChI=1S/C13H15FN3P/c1-3-18-12-8(2)11(16-13(15)17-12)9-4-6-10(14)7-5-9/h4-7,18H,3H2,1-2H3,(H2,15,16,17). The van der Waals surface area contributed by atoms with Crippen LogP contribution in [0.3, 0.4) is 0 Å². The van der Waals surface area contributed by atoms with Crippen molar-refractivity contribution in [3.63, 3.8) is 0 Å². The molecule has 2 N–H and O–H groups in total. The summed E-state index contributed by atoms with van der Waals surface area (Å²) in [5, 5.41) is 0. The normalized spacial score (nSPS) is 11.3. The molecule has 0 aliphatic rings. The molecule has 0 bridgehead atoms. The van der Waals surface area contributed by atoms with E-state index < -0.39 is 0 Å². The van der Waals surface area contributed by atoms with Crippen molar-refractivity contribution in [1.82, 2.24) is 9.97 Å². The van der Waals surface area contributed by atoms with Gasteiger partial charge < -0.3 is 5.73 Å². The van der Waals surface area contributed by atoms with E-state index in [1.807, 2.05) is 6.92 Å². The molecule has 0 fully saturated rings. The lowest BCUT2D eigenvalue weighted by molar-refractivity contribution is 0.628. The fraction of sp³-hybridized carbons (Fsp3) is 0.231. The van der Waals surface area contributed by atoms with E-state index >= 15 is 0 Å². The molecule has 3 nitrogen and oxygen atoms in total. The average Bonchev–Trinajstić information content (AvgIpc) is 2.35. The maximum Gasteiger partial charge on any atom is 0.221 e. The van der Waals surface area contributed by atoms with Crippen LogP contribution in [0, 0.1) is 12.7 Å². The Morgan fingerprint density at radius 3 is 2.50 bits per heavy atom. The lowest BCUT2D eigenvalue weighted by atomic mass is 10.1. The Balaban J connectivity index is 2.53. The predicted molar refractivity (Wildman–Crippen MR) is 75.1 cm³/mol. The highest BCUT2D eigenvalue weighted by molar-refractivity contribution is 7.46. The highest BCUT2D eigenvalue weighted by Gasteiger charge is 2.10. The van der Waals surface area contributed by atoms with Gasteiger partial charge in [0.2, 0.25) is 5.95 Å². The molecule has 1 heterocycles. The summed E-state index contributed by atoms with van der Waals surface area (Å²) in [7, 11) is 0.616. The van der Waals surface area contributed by atoms with Gasteiger partial charge in [-0.2, -0.15) is 0 Å². The van der Waals surface area contributed by atoms with Crippen LogP contribution in [0.2, 0.25) is 0 Å². The molecule has 5 heteroatoms. The van der Waals surface area contributed by atoms with Crippen molar-refractivity contribution in [2.75, 3.05) is 11.9 Å². The summed E-state index contributed by atoms with van der Waals surface area (Å²) in [4.78, 5) is 8.54. The van der Waals surface area contributed by atoms with E-state index in [4.69, 9.17) is 5.73 Å². The van der Waals surface area contributed by atoms with Gasteiger partial charge in [-0.15, -0.1) is 0 Å². The summed E-state index contributed by atoms with van der Waals surface area (Å²) in [6, 6.07) is 6.27. The first-order valence-corrected chi connectivity index (χ1v) is 6.96. The largest absolute Gasteiger partial charge is 0.368 e. The number of nitrogens with zero attached hydrogens (tertiary/aromatic N) is 2. The number of hydrogen-bond donors (Lipinski definition) is 1. The van der Waals surface area contributed by atoms with Gasteiger partial charge in [0.05, 0.1) is 11.1 Å². The van der Waals surface area contributed by atoms with Crippen molar-refractivity contribution >= 4 is 20.0 Å². The Morgan fingerprint density at radius 2 is 1.89 bits per heavy atom. The third-order valence-corrected chi connectivity index (χ3v) is 3.80. The van der Waals surface area contributed by atoms with Gasteiger partial charge in [-0.25, -0.2) is 14.4 Å². The van der Waals surface area contributed by atoms with Crippen LogP contribution in [-0.4, -0.2) is 16.1 Å². The zero-order valence-electron chi connectivity index (χ0n) is 10.4. The fourth-order valence-electron chi connectivity index (χ4n) is 1.76. The van der Waals surface area contributed by atoms with Crippen molar-refractivity contribution in [2.45, 2.75) is 13.8 Å². The van der Waals surface area contributed by atoms with Crippen molar-refractivity contribution < 1.29 is 4.39 Å². The van der Waals surface area contributed by atoms with Crippen molar-refractivity contribution in [3.8, 4) is 11.3 Å². The number of aromatic nitrogens is 2. The van der Waals surface area contributed by atoms with Crippen LogP contribution in [-0.2, 0) is 0 Å². The summed E-state index contributed by atoms with van der Waals surface area (Å²) in [6.45, 7) is 4.09. The number of nitrogen functional groups attached to an aromatic ring is 1. The van der Waals surface area contributed by atoms with Gasteiger partial charge >= 0.3 is 0 Å². The molecular weight excluding hydrogens is 248 g/mol. The molecule has 18 heavy (non-hydrogen) atoms. The van der Waals surface area contributed by atoms with E-state index in [1.165, 1.54) is 12.1 Å². The predicted octanol–water partition coefficient (Wildman–Crippen LogP) is 2.50. The SMILES string of the molecule is CCPc1nc(N)nc(-c2ccc(F)cc2)c1C. The Morgan fingerprint density at radius 1 is 1.22 bits per heavy atom. The quantitative estimate of drug-likeness (QED) is 0.866.